The Morgan fingerprint density at radius 2 is 0.610 bits per heavy atom. The van der Waals surface area contributed by atoms with Crippen LogP contribution in [0.1, 0.15) is 22.3 Å². The largest absolute Gasteiger partial charge is 2.00 e. The van der Waals surface area contributed by atoms with Crippen LogP contribution in [-0.2, 0) is 41.4 Å². The monoisotopic (exact) mass is 613 g/mol. The van der Waals surface area contributed by atoms with Crippen LogP contribution >= 0.6 is 15.8 Å². The summed E-state index contributed by atoms with van der Waals surface area (Å²) in [6.07, 6.45) is 4.65. The molecule has 0 aliphatic rings. The summed E-state index contributed by atoms with van der Waals surface area (Å²) in [5.41, 5.74) is 5.76. The number of rotatable bonds is 10. The van der Waals surface area contributed by atoms with E-state index in [-0.39, 0.29) is 32.6 Å². The Hall–Kier alpha value is -3.05. The van der Waals surface area contributed by atoms with Gasteiger partial charge in [0.05, 0.1) is 0 Å². The Balaban J connectivity index is 0.000000184. The van der Waals surface area contributed by atoms with Gasteiger partial charge in [0.1, 0.15) is 0 Å². The van der Waals surface area contributed by atoms with Gasteiger partial charge in [-0.3, -0.25) is 0 Å². The zero-order chi connectivity index (χ0) is 27.2. The van der Waals surface area contributed by atoms with Crippen molar-refractivity contribution in [1.82, 2.24) is 0 Å². The van der Waals surface area contributed by atoms with Crippen molar-refractivity contribution in [2.24, 2.45) is 0 Å². The molecule has 3 heteroatoms. The van der Waals surface area contributed by atoms with E-state index in [1.807, 2.05) is 0 Å². The number of hydrogen-bond acceptors (Lipinski definition) is 0. The summed E-state index contributed by atoms with van der Waals surface area (Å²) in [6, 6.07) is 61.1. The topological polar surface area (TPSA) is 0 Å². The molecule has 0 amide bonds. The van der Waals surface area contributed by atoms with Crippen molar-refractivity contribution in [1.29, 1.82) is 0 Å². The Labute approximate surface area is 258 Å². The summed E-state index contributed by atoms with van der Waals surface area (Å²) in [5, 5.41) is 3.01. The molecule has 6 aromatic rings. The molecule has 0 atom stereocenters. The fourth-order valence-corrected chi connectivity index (χ4v) is 9.59. The zero-order valence-corrected chi connectivity index (χ0v) is 26.1. The molecule has 0 aliphatic carbocycles. The van der Waals surface area contributed by atoms with Crippen LogP contribution in [0.3, 0.4) is 0 Å². The van der Waals surface area contributed by atoms with E-state index < -0.39 is 0 Å². The van der Waals surface area contributed by atoms with Crippen molar-refractivity contribution in [3.63, 3.8) is 0 Å². The molecule has 207 valence electrons. The van der Waals surface area contributed by atoms with Gasteiger partial charge in [-0.1, -0.05) is 137 Å². The van der Waals surface area contributed by atoms with E-state index in [1.165, 1.54) is 32.9 Å². The van der Waals surface area contributed by atoms with Gasteiger partial charge >= 0.3 is 16.8 Å². The van der Waals surface area contributed by atoms with Gasteiger partial charge in [-0.2, -0.15) is 24.3 Å². The Bertz CT molecular complexity index is 1260. The number of hydrogen-bond donors (Lipinski definition) is 0. The van der Waals surface area contributed by atoms with Crippen LogP contribution in [0, 0.1) is 0 Å². The molecule has 0 saturated carbocycles. The molecule has 1 radical (unpaired) electrons. The van der Waals surface area contributed by atoms with Crippen LogP contribution in [0.5, 0.6) is 0 Å². The Morgan fingerprint density at radius 3 is 0.829 bits per heavy atom. The second-order valence-corrected chi connectivity index (χ2v) is 14.4. The normalized spacial score (nSPS) is 10.6. The summed E-state index contributed by atoms with van der Waals surface area (Å²) in [7, 11) is -0.343. The van der Waals surface area contributed by atoms with Crippen molar-refractivity contribution in [2.75, 3.05) is 0 Å². The maximum atomic E-state index is 2.28. The van der Waals surface area contributed by atoms with Gasteiger partial charge in [-0.25, -0.2) is 24.3 Å². The second kappa shape index (κ2) is 17.0. The first-order valence-electron chi connectivity index (χ1n) is 13.9. The minimum absolute atomic E-state index is 0. The molecule has 0 saturated heterocycles. The molecule has 0 bridgehead atoms. The van der Waals surface area contributed by atoms with Crippen LogP contribution in [0.4, 0.5) is 0 Å². The van der Waals surface area contributed by atoms with E-state index in [0.29, 0.717) is 0 Å². The Kier molecular flexibility index (Phi) is 12.8. The average molecular weight is 614 g/mol. The third kappa shape index (κ3) is 10.1. The first-order chi connectivity index (χ1) is 19.8. The molecule has 6 aromatic carbocycles. The van der Waals surface area contributed by atoms with Gasteiger partial charge in [0.2, 0.25) is 0 Å². The molecular formula is C38H36CoP2. The molecule has 0 N–H and O–H groups in total. The van der Waals surface area contributed by atoms with E-state index in [0.717, 1.165) is 24.6 Å². The van der Waals surface area contributed by atoms with E-state index in [9.17, 15) is 0 Å². The van der Waals surface area contributed by atoms with Crippen molar-refractivity contribution >= 4 is 26.5 Å². The number of benzene rings is 4. The van der Waals surface area contributed by atoms with E-state index in [4.69, 9.17) is 0 Å². The van der Waals surface area contributed by atoms with Gasteiger partial charge in [-0.15, -0.1) is 10.6 Å². The maximum Gasteiger partial charge on any atom is 2.00 e. The SMILES string of the molecule is [Co+2].c1ccc(CP(Cc2ccccc2)c2ccc[cH-]2)cc1.c1ccc(CP(Cc2ccccc2)c2ccc[cH-]2)cc1. The van der Waals surface area contributed by atoms with Crippen LogP contribution in [0.15, 0.2) is 170 Å². The predicted molar refractivity (Wildman–Crippen MR) is 178 cm³/mol. The fourth-order valence-electron chi connectivity index (χ4n) is 4.84. The van der Waals surface area contributed by atoms with Gasteiger partial charge in [0.25, 0.3) is 0 Å². The molecule has 0 unspecified atom stereocenters. The van der Waals surface area contributed by atoms with Crippen LogP contribution in [0.25, 0.3) is 0 Å². The molecule has 0 nitrogen and oxygen atoms in total. The molecule has 0 heterocycles. The zero-order valence-electron chi connectivity index (χ0n) is 23.2. The van der Waals surface area contributed by atoms with E-state index in [1.54, 1.807) is 0 Å². The molecule has 0 fully saturated rings. The average Bonchev–Trinajstić information content (AvgIpc) is 3.75. The van der Waals surface area contributed by atoms with Crippen LogP contribution in [-0.4, -0.2) is 0 Å². The molecule has 41 heavy (non-hydrogen) atoms. The van der Waals surface area contributed by atoms with Crippen molar-refractivity contribution in [3.8, 4) is 0 Å². The smallest absolute Gasteiger partial charge is 0.213 e. The molecular weight excluding hydrogens is 577 g/mol. The first-order valence-corrected chi connectivity index (χ1v) is 17.3. The van der Waals surface area contributed by atoms with Gasteiger partial charge in [-0.05, 0) is 46.9 Å². The van der Waals surface area contributed by atoms with Gasteiger partial charge < -0.3 is 0 Å². The summed E-state index contributed by atoms with van der Waals surface area (Å²) >= 11 is 0. The summed E-state index contributed by atoms with van der Waals surface area (Å²) < 4.78 is 0. The Morgan fingerprint density at radius 1 is 0.341 bits per heavy atom. The maximum absolute atomic E-state index is 2.28. The fraction of sp³-hybridized carbons (Fsp3) is 0.105. The van der Waals surface area contributed by atoms with Crippen LogP contribution in [0.2, 0.25) is 0 Å². The molecule has 0 spiro atoms. The first kappa shape index (κ1) is 30.9. The quantitative estimate of drug-likeness (QED) is 0.107. The van der Waals surface area contributed by atoms with E-state index in [2.05, 4.69) is 170 Å². The summed E-state index contributed by atoms with van der Waals surface area (Å²) in [6.45, 7) is 0. The minimum Gasteiger partial charge on any atom is -0.213 e. The van der Waals surface area contributed by atoms with Crippen LogP contribution < -0.4 is 10.6 Å². The van der Waals surface area contributed by atoms with Crippen molar-refractivity contribution in [2.45, 2.75) is 24.6 Å². The summed E-state index contributed by atoms with van der Waals surface area (Å²) in [4.78, 5) is 0. The third-order valence-electron chi connectivity index (χ3n) is 6.89. The third-order valence-corrected chi connectivity index (χ3v) is 11.9. The standard InChI is InChI=1S/2C19H18P.Co/c2*1-3-9-17(10-4-1)15-20(19-13-7-8-14-19)16-18-11-5-2-6-12-18;/h2*1-14H,15-16H2;/q2*-1;+2. The molecule has 0 aromatic heterocycles. The van der Waals surface area contributed by atoms with Crippen molar-refractivity contribution in [3.05, 3.63) is 192 Å². The van der Waals surface area contributed by atoms with Gasteiger partial charge in [0.15, 0.2) is 0 Å². The molecule has 0 aliphatic heterocycles. The van der Waals surface area contributed by atoms with Crippen molar-refractivity contribution < 1.29 is 16.8 Å². The van der Waals surface area contributed by atoms with E-state index >= 15 is 0 Å². The second-order valence-electron chi connectivity index (χ2n) is 9.94. The minimum atomic E-state index is -0.171. The summed E-state index contributed by atoms with van der Waals surface area (Å²) in [5.74, 6) is 0. The molecule has 6 rings (SSSR count). The predicted octanol–water partition coefficient (Wildman–Crippen LogP) is 9.82. The van der Waals surface area contributed by atoms with Gasteiger partial charge in [0, 0.05) is 0 Å².